The molecule has 0 heterocycles. The van der Waals surface area contributed by atoms with Crippen LogP contribution in [-0.2, 0) is 6.54 Å². The van der Waals surface area contributed by atoms with E-state index < -0.39 is 17.7 Å². The molecule has 2 rings (SSSR count). The molecule has 4 nitrogen and oxygen atoms in total. The van der Waals surface area contributed by atoms with E-state index in [1.54, 1.807) is 6.92 Å². The second-order valence-corrected chi connectivity index (χ2v) is 5.53. The molecule has 0 saturated carbocycles. The molecule has 0 radical (unpaired) electrons. The smallest absolute Gasteiger partial charge is 0.322 e. The summed E-state index contributed by atoms with van der Waals surface area (Å²) < 4.78 is 27.0. The summed E-state index contributed by atoms with van der Waals surface area (Å²) in [4.78, 5) is 14.0. The Labute approximate surface area is 139 Å². The lowest BCUT2D eigenvalue weighted by atomic mass is 10.1. The number of benzene rings is 2. The fourth-order valence-corrected chi connectivity index (χ4v) is 2.33. The Morgan fingerprint density at radius 1 is 1.21 bits per heavy atom. The van der Waals surface area contributed by atoms with Crippen LogP contribution in [0.25, 0.3) is 0 Å². The van der Waals surface area contributed by atoms with Gasteiger partial charge in [0.15, 0.2) is 0 Å². The predicted molar refractivity (Wildman–Crippen MR) is 88.5 cm³/mol. The van der Waals surface area contributed by atoms with Gasteiger partial charge in [0.05, 0.1) is 5.69 Å². The third kappa shape index (κ3) is 4.76. The summed E-state index contributed by atoms with van der Waals surface area (Å²) in [5.41, 5.74) is 0.686. The van der Waals surface area contributed by atoms with Gasteiger partial charge in [0.1, 0.15) is 11.6 Å². The molecule has 1 unspecified atom stereocenters. The summed E-state index contributed by atoms with van der Waals surface area (Å²) in [5, 5.41) is 11.5. The van der Waals surface area contributed by atoms with E-state index >= 15 is 0 Å². The van der Waals surface area contributed by atoms with Gasteiger partial charge >= 0.3 is 6.03 Å². The maximum Gasteiger partial charge on any atom is 0.322 e. The number of hydrogen-bond donors (Lipinski definition) is 2. The van der Waals surface area contributed by atoms with Gasteiger partial charge in [-0.3, -0.25) is 0 Å². The summed E-state index contributed by atoms with van der Waals surface area (Å²) in [6, 6.07) is 11.4. The minimum atomic E-state index is -0.709. The van der Waals surface area contributed by atoms with Crippen molar-refractivity contribution in [2.75, 3.05) is 11.9 Å². The van der Waals surface area contributed by atoms with E-state index in [1.807, 2.05) is 30.3 Å². The molecule has 1 atom stereocenters. The van der Waals surface area contributed by atoms with Crippen LogP contribution in [-0.4, -0.2) is 28.7 Å². The van der Waals surface area contributed by atoms with Crippen molar-refractivity contribution in [3.63, 3.8) is 0 Å². The number of nitrogens with zero attached hydrogens (tertiary/aromatic N) is 1. The number of aliphatic hydroxyl groups is 1. The maximum absolute atomic E-state index is 13.7. The van der Waals surface area contributed by atoms with Crippen molar-refractivity contribution in [1.29, 1.82) is 0 Å². The number of carbonyl (C=O) groups excluding carboxylic acids is 1. The molecular weight excluding hydrogens is 314 g/mol. The lowest BCUT2D eigenvalue weighted by Crippen LogP contribution is -2.41. The summed E-state index contributed by atoms with van der Waals surface area (Å²) in [7, 11) is 0. The Hall–Kier alpha value is -2.47. The Morgan fingerprint density at radius 3 is 2.58 bits per heavy atom. The van der Waals surface area contributed by atoms with Crippen LogP contribution in [0.3, 0.4) is 0 Å². The van der Waals surface area contributed by atoms with Crippen molar-refractivity contribution in [3.8, 4) is 0 Å². The number of urea groups is 1. The number of aliphatic hydroxyl groups excluding tert-OH is 1. The summed E-state index contributed by atoms with van der Waals surface area (Å²) in [6.45, 7) is 2.01. The van der Waals surface area contributed by atoms with E-state index in [0.717, 1.165) is 23.8 Å². The van der Waals surface area contributed by atoms with Gasteiger partial charge in [0, 0.05) is 25.3 Å². The highest BCUT2D eigenvalue weighted by Gasteiger charge is 2.21. The third-order valence-electron chi connectivity index (χ3n) is 3.71. The Morgan fingerprint density at radius 2 is 1.92 bits per heavy atom. The van der Waals surface area contributed by atoms with Crippen molar-refractivity contribution >= 4 is 11.7 Å². The number of nitrogens with one attached hydrogen (secondary N) is 1. The molecule has 0 fully saturated rings. The molecule has 24 heavy (non-hydrogen) atoms. The van der Waals surface area contributed by atoms with Crippen LogP contribution in [0, 0.1) is 11.6 Å². The Kier molecular flexibility index (Phi) is 6.26. The molecule has 6 heteroatoms. The minimum Gasteiger partial charge on any atom is -0.396 e. The van der Waals surface area contributed by atoms with E-state index in [9.17, 15) is 13.6 Å². The quantitative estimate of drug-likeness (QED) is 0.845. The highest BCUT2D eigenvalue weighted by molar-refractivity contribution is 5.89. The zero-order valence-electron chi connectivity index (χ0n) is 13.4. The van der Waals surface area contributed by atoms with Crippen LogP contribution < -0.4 is 5.32 Å². The number of halogens is 2. The topological polar surface area (TPSA) is 52.6 Å². The normalized spacial score (nSPS) is 11.8. The third-order valence-corrected chi connectivity index (χ3v) is 3.71. The number of amides is 2. The summed E-state index contributed by atoms with van der Waals surface area (Å²) >= 11 is 0. The Bertz CT molecular complexity index is 680. The molecule has 2 aromatic carbocycles. The van der Waals surface area contributed by atoms with Crippen LogP contribution in [0.4, 0.5) is 19.3 Å². The average molecular weight is 334 g/mol. The lowest BCUT2D eigenvalue weighted by Gasteiger charge is -2.29. The van der Waals surface area contributed by atoms with Crippen molar-refractivity contribution < 1.29 is 18.7 Å². The fourth-order valence-electron chi connectivity index (χ4n) is 2.33. The fraction of sp³-hybridized carbons (Fsp3) is 0.278. The summed E-state index contributed by atoms with van der Waals surface area (Å²) in [5.74, 6) is -1.34. The standard InChI is InChI=1S/C18H20F2N2O2/c1-13(9-10-23)22(12-14-5-3-2-4-6-14)18(24)21-17-11-15(19)7-8-16(17)20/h2-8,11,13,23H,9-10,12H2,1H3,(H,21,24). The van der Waals surface area contributed by atoms with Crippen LogP contribution in [0.1, 0.15) is 18.9 Å². The second-order valence-electron chi connectivity index (χ2n) is 5.53. The van der Waals surface area contributed by atoms with Gasteiger partial charge in [-0.05, 0) is 31.0 Å². The molecule has 0 aromatic heterocycles. The van der Waals surface area contributed by atoms with Crippen LogP contribution >= 0.6 is 0 Å². The van der Waals surface area contributed by atoms with Gasteiger partial charge in [0.2, 0.25) is 0 Å². The first-order valence-electron chi connectivity index (χ1n) is 7.68. The van der Waals surface area contributed by atoms with Crippen molar-refractivity contribution in [2.24, 2.45) is 0 Å². The van der Waals surface area contributed by atoms with Crippen LogP contribution in [0.15, 0.2) is 48.5 Å². The van der Waals surface area contributed by atoms with E-state index in [0.29, 0.717) is 13.0 Å². The van der Waals surface area contributed by atoms with Gasteiger partial charge in [-0.1, -0.05) is 30.3 Å². The van der Waals surface area contributed by atoms with E-state index in [1.165, 1.54) is 4.90 Å². The van der Waals surface area contributed by atoms with Gasteiger partial charge < -0.3 is 15.3 Å². The van der Waals surface area contributed by atoms with Crippen molar-refractivity contribution in [2.45, 2.75) is 25.9 Å². The molecule has 0 spiro atoms. The molecule has 2 amide bonds. The van der Waals surface area contributed by atoms with E-state index in [-0.39, 0.29) is 18.3 Å². The Balaban J connectivity index is 2.18. The second kappa shape index (κ2) is 8.40. The van der Waals surface area contributed by atoms with E-state index in [2.05, 4.69) is 5.32 Å². The molecule has 0 bridgehead atoms. The monoisotopic (exact) mass is 334 g/mol. The maximum atomic E-state index is 13.7. The molecule has 0 aliphatic carbocycles. The van der Waals surface area contributed by atoms with Gasteiger partial charge in [-0.25, -0.2) is 13.6 Å². The first-order valence-corrected chi connectivity index (χ1v) is 7.68. The van der Waals surface area contributed by atoms with E-state index in [4.69, 9.17) is 5.11 Å². The SMILES string of the molecule is CC(CCO)N(Cc1ccccc1)C(=O)Nc1cc(F)ccc1F. The van der Waals surface area contributed by atoms with Crippen LogP contribution in [0.2, 0.25) is 0 Å². The zero-order valence-corrected chi connectivity index (χ0v) is 13.4. The number of rotatable bonds is 6. The molecule has 128 valence electrons. The number of hydrogen-bond acceptors (Lipinski definition) is 2. The summed E-state index contributed by atoms with van der Waals surface area (Å²) in [6.07, 6.45) is 0.381. The highest BCUT2D eigenvalue weighted by atomic mass is 19.1. The molecule has 2 N–H and O–H groups in total. The highest BCUT2D eigenvalue weighted by Crippen LogP contribution is 2.18. The zero-order chi connectivity index (χ0) is 17.5. The molecule has 0 aliphatic rings. The first-order chi connectivity index (χ1) is 11.5. The molecular formula is C18H20F2N2O2. The van der Waals surface area contributed by atoms with Crippen molar-refractivity contribution in [1.82, 2.24) is 4.90 Å². The molecule has 0 aliphatic heterocycles. The number of anilines is 1. The minimum absolute atomic E-state index is 0.0753. The van der Waals surface area contributed by atoms with Gasteiger partial charge in [-0.15, -0.1) is 0 Å². The predicted octanol–water partition coefficient (Wildman–Crippen LogP) is 3.77. The first kappa shape index (κ1) is 17.9. The van der Waals surface area contributed by atoms with Crippen molar-refractivity contribution in [3.05, 3.63) is 65.7 Å². The average Bonchev–Trinajstić information content (AvgIpc) is 2.57. The molecule has 2 aromatic rings. The lowest BCUT2D eigenvalue weighted by molar-refractivity contribution is 0.169. The van der Waals surface area contributed by atoms with Gasteiger partial charge in [-0.2, -0.15) is 0 Å². The molecule has 0 saturated heterocycles. The van der Waals surface area contributed by atoms with Gasteiger partial charge in [0.25, 0.3) is 0 Å². The largest absolute Gasteiger partial charge is 0.396 e. The number of carbonyl (C=O) groups is 1. The van der Waals surface area contributed by atoms with Crippen LogP contribution in [0.5, 0.6) is 0 Å².